The summed E-state index contributed by atoms with van der Waals surface area (Å²) in [5.74, 6) is -0.0124. The first-order chi connectivity index (χ1) is 10.6. The van der Waals surface area contributed by atoms with Gasteiger partial charge < -0.3 is 19.7 Å². The van der Waals surface area contributed by atoms with Gasteiger partial charge in [0.2, 0.25) is 0 Å². The van der Waals surface area contributed by atoms with Gasteiger partial charge in [0.15, 0.2) is 0 Å². The molecule has 0 radical (unpaired) electrons. The second kappa shape index (κ2) is 5.71. The second-order valence-corrected chi connectivity index (χ2v) is 5.80. The number of amides is 1. The molecule has 1 saturated heterocycles. The fourth-order valence-electron chi connectivity index (χ4n) is 2.96. The molecule has 2 N–H and O–H groups in total. The van der Waals surface area contributed by atoms with Crippen molar-refractivity contribution in [2.75, 3.05) is 13.1 Å². The molecular weight excluding hydrogens is 282 g/mol. The van der Waals surface area contributed by atoms with Crippen molar-refractivity contribution in [1.29, 1.82) is 0 Å². The van der Waals surface area contributed by atoms with Gasteiger partial charge in [-0.05, 0) is 24.5 Å². The minimum absolute atomic E-state index is 0.0578. The van der Waals surface area contributed by atoms with Gasteiger partial charge in [-0.15, -0.1) is 0 Å². The summed E-state index contributed by atoms with van der Waals surface area (Å²) in [6.07, 6.45) is 6.31. The fourth-order valence-corrected chi connectivity index (χ4v) is 2.96. The van der Waals surface area contributed by atoms with Crippen molar-refractivity contribution in [3.63, 3.8) is 0 Å². The number of hydrogen-bond donors (Lipinski definition) is 2. The number of nitrogens with zero attached hydrogens (tertiary/aromatic N) is 3. The number of benzene rings is 1. The molecule has 6 heteroatoms. The predicted molar refractivity (Wildman–Crippen MR) is 80.7 cm³/mol. The van der Waals surface area contributed by atoms with Gasteiger partial charge in [-0.25, -0.2) is 4.98 Å². The highest BCUT2D eigenvalue weighted by Gasteiger charge is 2.31. The summed E-state index contributed by atoms with van der Waals surface area (Å²) in [6, 6.07) is 4.23. The molecule has 1 aromatic heterocycles. The first kappa shape index (κ1) is 14.4. The van der Waals surface area contributed by atoms with Gasteiger partial charge in [0.05, 0.1) is 17.9 Å². The number of hydrogen-bond acceptors (Lipinski definition) is 4. The van der Waals surface area contributed by atoms with E-state index in [1.54, 1.807) is 17.4 Å². The summed E-state index contributed by atoms with van der Waals surface area (Å²) in [5.41, 5.74) is 0.219. The number of likely N-dealkylation sites (tertiary alicyclic amines) is 1. The average molecular weight is 301 g/mol. The van der Waals surface area contributed by atoms with Gasteiger partial charge in [0.25, 0.3) is 5.91 Å². The summed E-state index contributed by atoms with van der Waals surface area (Å²) in [6.45, 7) is 3.41. The van der Waals surface area contributed by atoms with E-state index in [-0.39, 0.29) is 29.0 Å². The zero-order valence-electron chi connectivity index (χ0n) is 12.4. The standard InChI is InChI=1S/C16H19N3O3/c1-11-4-6-18(9-14(11)19-7-5-17-10-19)16(22)13-3-2-12(20)8-15(13)21/h2-3,5,7-8,10-11,14,20-21H,4,6,9H2,1H3/t11-,14+/m1/s1. The third-order valence-corrected chi connectivity index (χ3v) is 4.33. The van der Waals surface area contributed by atoms with Crippen LogP contribution in [0.1, 0.15) is 29.7 Å². The summed E-state index contributed by atoms with van der Waals surface area (Å²) in [7, 11) is 0. The second-order valence-electron chi connectivity index (χ2n) is 5.80. The maximum Gasteiger partial charge on any atom is 0.257 e. The van der Waals surface area contributed by atoms with E-state index in [2.05, 4.69) is 11.9 Å². The van der Waals surface area contributed by atoms with Crippen molar-refractivity contribution in [3.05, 3.63) is 42.5 Å². The van der Waals surface area contributed by atoms with E-state index < -0.39 is 0 Å². The number of piperidine rings is 1. The third-order valence-electron chi connectivity index (χ3n) is 4.33. The highest BCUT2D eigenvalue weighted by atomic mass is 16.3. The summed E-state index contributed by atoms with van der Waals surface area (Å²) in [4.78, 5) is 18.4. The van der Waals surface area contributed by atoms with Gasteiger partial charge in [-0.1, -0.05) is 6.92 Å². The van der Waals surface area contributed by atoms with Crippen LogP contribution in [0.25, 0.3) is 0 Å². The SMILES string of the molecule is C[C@@H]1CCN(C(=O)c2ccc(O)cc2O)C[C@@H]1n1ccnc1. The Labute approximate surface area is 128 Å². The molecule has 2 atom stereocenters. The predicted octanol–water partition coefficient (Wildman–Crippen LogP) is 2.02. The van der Waals surface area contributed by atoms with Gasteiger partial charge in [-0.2, -0.15) is 0 Å². The van der Waals surface area contributed by atoms with E-state index in [0.29, 0.717) is 19.0 Å². The molecule has 1 aliphatic rings. The van der Waals surface area contributed by atoms with Crippen LogP contribution in [-0.4, -0.2) is 43.7 Å². The molecule has 1 fully saturated rings. The number of carbonyl (C=O) groups excluding carboxylic acids is 1. The van der Waals surface area contributed by atoms with Crippen LogP contribution in [0.3, 0.4) is 0 Å². The molecule has 3 rings (SSSR count). The maximum absolute atomic E-state index is 12.6. The van der Waals surface area contributed by atoms with Crippen molar-refractivity contribution < 1.29 is 15.0 Å². The molecule has 0 unspecified atom stereocenters. The first-order valence-corrected chi connectivity index (χ1v) is 7.35. The zero-order chi connectivity index (χ0) is 15.7. The smallest absolute Gasteiger partial charge is 0.257 e. The Balaban J connectivity index is 1.81. The summed E-state index contributed by atoms with van der Waals surface area (Å²) < 4.78 is 2.03. The van der Waals surface area contributed by atoms with Crippen molar-refractivity contribution in [2.24, 2.45) is 5.92 Å². The molecule has 2 heterocycles. The summed E-state index contributed by atoms with van der Waals surface area (Å²) in [5, 5.41) is 19.2. The van der Waals surface area contributed by atoms with Crippen LogP contribution in [0.15, 0.2) is 36.9 Å². The zero-order valence-corrected chi connectivity index (χ0v) is 12.4. The number of rotatable bonds is 2. The van der Waals surface area contributed by atoms with Crippen molar-refractivity contribution in [1.82, 2.24) is 14.5 Å². The molecule has 22 heavy (non-hydrogen) atoms. The van der Waals surface area contributed by atoms with Crippen molar-refractivity contribution in [3.8, 4) is 11.5 Å². The largest absolute Gasteiger partial charge is 0.508 e. The molecular formula is C16H19N3O3. The van der Waals surface area contributed by atoms with Crippen molar-refractivity contribution in [2.45, 2.75) is 19.4 Å². The van der Waals surface area contributed by atoms with E-state index in [9.17, 15) is 15.0 Å². The highest BCUT2D eigenvalue weighted by Crippen LogP contribution is 2.30. The monoisotopic (exact) mass is 301 g/mol. The molecule has 116 valence electrons. The molecule has 2 aromatic rings. The van der Waals surface area contributed by atoms with Gasteiger partial charge in [0, 0.05) is 31.5 Å². The van der Waals surface area contributed by atoms with Gasteiger partial charge in [0.1, 0.15) is 11.5 Å². The molecule has 0 saturated carbocycles. The highest BCUT2D eigenvalue weighted by molar-refractivity contribution is 5.97. The topological polar surface area (TPSA) is 78.6 Å². The van der Waals surface area contributed by atoms with E-state index >= 15 is 0 Å². The Morgan fingerprint density at radius 1 is 1.36 bits per heavy atom. The Bertz CT molecular complexity index is 669. The lowest BCUT2D eigenvalue weighted by Crippen LogP contribution is -2.43. The number of carbonyl (C=O) groups is 1. The molecule has 1 amide bonds. The van der Waals surface area contributed by atoms with E-state index in [4.69, 9.17) is 0 Å². The number of phenolic OH excluding ortho intramolecular Hbond substituents is 2. The van der Waals surface area contributed by atoms with Crippen LogP contribution in [0.4, 0.5) is 0 Å². The maximum atomic E-state index is 12.6. The Morgan fingerprint density at radius 2 is 2.18 bits per heavy atom. The molecule has 1 aromatic carbocycles. The van der Waals surface area contributed by atoms with Crippen LogP contribution in [0.5, 0.6) is 11.5 Å². The number of aromatic nitrogens is 2. The van der Waals surface area contributed by atoms with E-state index in [0.717, 1.165) is 6.42 Å². The third kappa shape index (κ3) is 2.64. The van der Waals surface area contributed by atoms with Crippen LogP contribution >= 0.6 is 0 Å². The normalized spacial score (nSPS) is 21.8. The molecule has 6 nitrogen and oxygen atoms in total. The fraction of sp³-hybridized carbons (Fsp3) is 0.375. The summed E-state index contributed by atoms with van der Waals surface area (Å²) >= 11 is 0. The van der Waals surface area contributed by atoms with E-state index in [1.807, 2.05) is 10.8 Å². The van der Waals surface area contributed by atoms with Crippen LogP contribution in [0.2, 0.25) is 0 Å². The lowest BCUT2D eigenvalue weighted by atomic mass is 9.92. The minimum Gasteiger partial charge on any atom is -0.508 e. The number of phenols is 2. The lowest BCUT2D eigenvalue weighted by molar-refractivity contribution is 0.0618. The lowest BCUT2D eigenvalue weighted by Gasteiger charge is -2.37. The van der Waals surface area contributed by atoms with Gasteiger partial charge >= 0.3 is 0 Å². The first-order valence-electron chi connectivity index (χ1n) is 7.35. The number of aromatic hydroxyl groups is 2. The van der Waals surface area contributed by atoms with Crippen molar-refractivity contribution >= 4 is 5.91 Å². The Hall–Kier alpha value is -2.50. The molecule has 0 bridgehead atoms. The Kier molecular flexibility index (Phi) is 3.75. The van der Waals surface area contributed by atoms with Gasteiger partial charge in [-0.3, -0.25) is 4.79 Å². The molecule has 0 spiro atoms. The Morgan fingerprint density at radius 3 is 2.86 bits per heavy atom. The minimum atomic E-state index is -0.213. The quantitative estimate of drug-likeness (QED) is 0.889. The van der Waals surface area contributed by atoms with Crippen LogP contribution < -0.4 is 0 Å². The van der Waals surface area contributed by atoms with E-state index in [1.165, 1.54) is 18.2 Å². The van der Waals surface area contributed by atoms with Crippen LogP contribution in [-0.2, 0) is 0 Å². The average Bonchev–Trinajstić information content (AvgIpc) is 3.01. The number of imidazole rings is 1. The van der Waals surface area contributed by atoms with Crippen LogP contribution in [0, 0.1) is 5.92 Å². The molecule has 0 aliphatic carbocycles. The molecule has 1 aliphatic heterocycles.